The Bertz CT molecular complexity index is 788. The van der Waals surface area contributed by atoms with Gasteiger partial charge in [0, 0.05) is 28.7 Å². The first kappa shape index (κ1) is 14.4. The van der Waals surface area contributed by atoms with E-state index in [-0.39, 0.29) is 0 Å². The number of rotatable bonds is 3. The highest BCUT2D eigenvalue weighted by molar-refractivity contribution is 6.35. The Balaban J connectivity index is 2.26. The molecule has 1 heterocycles. The number of aryl methyl sites for hydroxylation is 1. The molecule has 0 aliphatic carbocycles. The molecule has 0 saturated heterocycles. The fraction of sp³-hybridized carbons (Fsp3) is 0.188. The van der Waals surface area contributed by atoms with Crippen molar-refractivity contribution in [1.29, 1.82) is 0 Å². The van der Waals surface area contributed by atoms with Crippen LogP contribution in [0.15, 0.2) is 36.4 Å². The number of nitrogens with two attached hydrogens (primary N) is 1. The second-order valence-corrected chi connectivity index (χ2v) is 5.74. The van der Waals surface area contributed by atoms with Crippen molar-refractivity contribution in [2.45, 2.75) is 20.0 Å². The predicted octanol–water partition coefficient (Wildman–Crippen LogP) is 4.49. The second-order valence-electron chi connectivity index (χ2n) is 4.86. The molecule has 108 valence electrons. The summed E-state index contributed by atoms with van der Waals surface area (Å²) in [7, 11) is 0. The van der Waals surface area contributed by atoms with Crippen molar-refractivity contribution >= 4 is 34.2 Å². The molecule has 0 saturated carbocycles. The third-order valence-corrected chi connectivity index (χ3v) is 3.92. The summed E-state index contributed by atoms with van der Waals surface area (Å²) in [6, 6.07) is 11.6. The van der Waals surface area contributed by atoms with Crippen LogP contribution < -0.4 is 5.73 Å². The molecule has 3 aromatic rings. The molecule has 0 fully saturated rings. The van der Waals surface area contributed by atoms with Crippen molar-refractivity contribution in [3.05, 3.63) is 52.0 Å². The monoisotopic (exact) mass is 319 g/mol. The van der Waals surface area contributed by atoms with Crippen LogP contribution in [0.3, 0.4) is 0 Å². The van der Waals surface area contributed by atoms with Gasteiger partial charge in [0.05, 0.1) is 11.0 Å². The molecule has 1 aromatic heterocycles. The minimum absolute atomic E-state index is 0.507. The Morgan fingerprint density at radius 3 is 2.43 bits per heavy atom. The SMILES string of the molecule is CCn1c(-c2cc(Cl)cc(Cl)c2)nc2cc(CN)ccc21. The van der Waals surface area contributed by atoms with E-state index in [1.54, 1.807) is 6.07 Å². The van der Waals surface area contributed by atoms with Crippen LogP contribution >= 0.6 is 23.2 Å². The van der Waals surface area contributed by atoms with E-state index in [2.05, 4.69) is 17.6 Å². The number of halogens is 2. The Hall–Kier alpha value is -1.55. The zero-order valence-corrected chi connectivity index (χ0v) is 13.1. The van der Waals surface area contributed by atoms with E-state index in [1.165, 1.54) is 0 Å². The van der Waals surface area contributed by atoms with Gasteiger partial charge in [0.2, 0.25) is 0 Å². The number of hydrogen-bond acceptors (Lipinski definition) is 2. The van der Waals surface area contributed by atoms with Gasteiger partial charge in [0.25, 0.3) is 0 Å². The van der Waals surface area contributed by atoms with E-state index in [1.807, 2.05) is 24.3 Å². The standard InChI is InChI=1S/C16H15Cl2N3/c1-2-21-15-4-3-10(9-19)5-14(15)20-16(21)11-6-12(17)8-13(18)7-11/h3-8H,2,9,19H2,1H3. The fourth-order valence-corrected chi connectivity index (χ4v) is 3.05. The smallest absolute Gasteiger partial charge is 0.141 e. The van der Waals surface area contributed by atoms with Crippen LogP contribution in [-0.2, 0) is 13.1 Å². The molecule has 0 atom stereocenters. The lowest BCUT2D eigenvalue weighted by molar-refractivity contribution is 0.796. The van der Waals surface area contributed by atoms with Crippen molar-refractivity contribution in [2.24, 2.45) is 5.73 Å². The lowest BCUT2D eigenvalue weighted by Gasteiger charge is -2.07. The molecule has 0 amide bonds. The first-order valence-corrected chi connectivity index (χ1v) is 7.53. The number of hydrogen-bond donors (Lipinski definition) is 1. The Morgan fingerprint density at radius 1 is 1.10 bits per heavy atom. The molecule has 0 unspecified atom stereocenters. The highest BCUT2D eigenvalue weighted by atomic mass is 35.5. The molecule has 0 aliphatic rings. The van der Waals surface area contributed by atoms with E-state index in [4.69, 9.17) is 33.9 Å². The highest BCUT2D eigenvalue weighted by Gasteiger charge is 2.13. The maximum atomic E-state index is 6.10. The van der Waals surface area contributed by atoms with Gasteiger partial charge in [-0.05, 0) is 42.8 Å². The van der Waals surface area contributed by atoms with Crippen molar-refractivity contribution in [3.63, 3.8) is 0 Å². The summed E-state index contributed by atoms with van der Waals surface area (Å²) in [4.78, 5) is 4.73. The Kier molecular flexibility index (Phi) is 3.89. The lowest BCUT2D eigenvalue weighted by atomic mass is 10.2. The van der Waals surface area contributed by atoms with Gasteiger partial charge in [-0.2, -0.15) is 0 Å². The van der Waals surface area contributed by atoms with E-state index in [9.17, 15) is 0 Å². The number of fused-ring (bicyclic) bond motifs is 1. The van der Waals surface area contributed by atoms with E-state index in [0.717, 1.165) is 34.5 Å². The van der Waals surface area contributed by atoms with Crippen molar-refractivity contribution < 1.29 is 0 Å². The first-order chi connectivity index (χ1) is 10.1. The van der Waals surface area contributed by atoms with E-state index >= 15 is 0 Å². The molecule has 0 spiro atoms. The number of benzene rings is 2. The molecule has 0 bridgehead atoms. The zero-order valence-electron chi connectivity index (χ0n) is 11.6. The summed E-state index contributed by atoms with van der Waals surface area (Å²) in [6.07, 6.45) is 0. The number of nitrogens with zero attached hydrogens (tertiary/aromatic N) is 2. The van der Waals surface area contributed by atoms with Crippen molar-refractivity contribution in [1.82, 2.24) is 9.55 Å². The van der Waals surface area contributed by atoms with E-state index in [0.29, 0.717) is 16.6 Å². The average Bonchev–Trinajstić information content (AvgIpc) is 2.83. The quantitative estimate of drug-likeness (QED) is 0.773. The van der Waals surface area contributed by atoms with Crippen LogP contribution in [0.25, 0.3) is 22.4 Å². The summed E-state index contributed by atoms with van der Waals surface area (Å²) in [5.74, 6) is 0.867. The van der Waals surface area contributed by atoms with Gasteiger partial charge < -0.3 is 10.3 Å². The van der Waals surface area contributed by atoms with Gasteiger partial charge >= 0.3 is 0 Å². The summed E-state index contributed by atoms with van der Waals surface area (Å²) in [5, 5.41) is 1.21. The Labute approximate surface area is 133 Å². The molecule has 3 nitrogen and oxygen atoms in total. The zero-order chi connectivity index (χ0) is 15.0. The maximum Gasteiger partial charge on any atom is 0.141 e. The van der Waals surface area contributed by atoms with E-state index < -0.39 is 0 Å². The summed E-state index contributed by atoms with van der Waals surface area (Å²) in [5.41, 5.74) is 9.70. The van der Waals surface area contributed by atoms with Crippen LogP contribution in [0.5, 0.6) is 0 Å². The normalized spacial score (nSPS) is 11.2. The molecule has 2 aromatic carbocycles. The topological polar surface area (TPSA) is 43.8 Å². The van der Waals surface area contributed by atoms with Crippen LogP contribution in [0, 0.1) is 0 Å². The van der Waals surface area contributed by atoms with Gasteiger partial charge in [-0.15, -0.1) is 0 Å². The van der Waals surface area contributed by atoms with Gasteiger partial charge in [-0.3, -0.25) is 0 Å². The van der Waals surface area contributed by atoms with Crippen LogP contribution in [0.4, 0.5) is 0 Å². The first-order valence-electron chi connectivity index (χ1n) is 6.78. The lowest BCUT2D eigenvalue weighted by Crippen LogP contribution is -1.98. The fourth-order valence-electron chi connectivity index (χ4n) is 2.53. The summed E-state index contributed by atoms with van der Waals surface area (Å²) < 4.78 is 2.15. The third-order valence-electron chi connectivity index (χ3n) is 3.49. The molecule has 2 N–H and O–H groups in total. The van der Waals surface area contributed by atoms with Crippen LogP contribution in [-0.4, -0.2) is 9.55 Å². The summed E-state index contributed by atoms with van der Waals surface area (Å²) in [6.45, 7) is 3.42. The molecule has 5 heteroatoms. The predicted molar refractivity (Wildman–Crippen MR) is 88.8 cm³/mol. The van der Waals surface area contributed by atoms with Gasteiger partial charge in [0.1, 0.15) is 5.82 Å². The minimum Gasteiger partial charge on any atom is -0.326 e. The Morgan fingerprint density at radius 2 is 1.81 bits per heavy atom. The summed E-state index contributed by atoms with van der Waals surface area (Å²) >= 11 is 12.2. The molecule has 0 radical (unpaired) electrons. The minimum atomic E-state index is 0.507. The van der Waals surface area contributed by atoms with Crippen molar-refractivity contribution in [3.8, 4) is 11.4 Å². The molecular formula is C16H15Cl2N3. The average molecular weight is 320 g/mol. The van der Waals surface area contributed by atoms with Gasteiger partial charge in [-0.1, -0.05) is 29.3 Å². The van der Waals surface area contributed by atoms with Crippen molar-refractivity contribution in [2.75, 3.05) is 0 Å². The number of aromatic nitrogens is 2. The molecule has 3 rings (SSSR count). The number of imidazole rings is 1. The second kappa shape index (κ2) is 5.68. The molecule has 0 aliphatic heterocycles. The molecular weight excluding hydrogens is 305 g/mol. The van der Waals surface area contributed by atoms with Crippen LogP contribution in [0.2, 0.25) is 10.0 Å². The van der Waals surface area contributed by atoms with Gasteiger partial charge in [0.15, 0.2) is 0 Å². The van der Waals surface area contributed by atoms with Gasteiger partial charge in [-0.25, -0.2) is 4.98 Å². The third kappa shape index (κ3) is 2.64. The largest absolute Gasteiger partial charge is 0.326 e. The molecule has 21 heavy (non-hydrogen) atoms. The maximum absolute atomic E-state index is 6.10. The van der Waals surface area contributed by atoms with Crippen LogP contribution in [0.1, 0.15) is 12.5 Å². The highest BCUT2D eigenvalue weighted by Crippen LogP contribution is 2.29.